The van der Waals surface area contributed by atoms with Crippen molar-refractivity contribution in [2.45, 2.75) is 39.3 Å². The van der Waals surface area contributed by atoms with Gasteiger partial charge in [0.05, 0.1) is 13.0 Å². The number of hydrogen-bond acceptors (Lipinski definition) is 3. The van der Waals surface area contributed by atoms with Gasteiger partial charge in [-0.25, -0.2) is 0 Å². The van der Waals surface area contributed by atoms with Crippen molar-refractivity contribution in [3.8, 4) is 0 Å². The summed E-state index contributed by atoms with van der Waals surface area (Å²) in [5, 5.41) is 3.37. The Kier molecular flexibility index (Phi) is 5.82. The molecule has 0 spiro atoms. The fraction of sp³-hybridized carbons (Fsp3) is 0.500. The van der Waals surface area contributed by atoms with Crippen molar-refractivity contribution >= 4 is 21.9 Å². The normalized spacial score (nSPS) is 11.3. The molecule has 0 fully saturated rings. The lowest BCUT2D eigenvalue weighted by Gasteiger charge is -2.25. The van der Waals surface area contributed by atoms with Crippen molar-refractivity contribution in [1.29, 1.82) is 0 Å². The van der Waals surface area contributed by atoms with Crippen LogP contribution in [0.5, 0.6) is 0 Å². The van der Waals surface area contributed by atoms with Crippen LogP contribution in [0.15, 0.2) is 28.7 Å². The maximum Gasteiger partial charge on any atom is 0.307 e. The van der Waals surface area contributed by atoms with Crippen LogP contribution < -0.4 is 5.32 Å². The summed E-state index contributed by atoms with van der Waals surface area (Å²) in [6.45, 7) is 6.99. The molecule has 100 valence electrons. The highest BCUT2D eigenvalue weighted by atomic mass is 79.9. The third-order valence-electron chi connectivity index (χ3n) is 2.58. The number of esters is 1. The summed E-state index contributed by atoms with van der Waals surface area (Å²) in [7, 11) is 0. The summed E-state index contributed by atoms with van der Waals surface area (Å²) in [6, 6.07) is 8.12. The monoisotopic (exact) mass is 313 g/mol. The van der Waals surface area contributed by atoms with Gasteiger partial charge in [-0.15, -0.1) is 0 Å². The molecule has 1 N–H and O–H groups in total. The highest BCUT2D eigenvalue weighted by Crippen LogP contribution is 2.13. The van der Waals surface area contributed by atoms with E-state index in [1.165, 1.54) is 5.56 Å². The van der Waals surface area contributed by atoms with Crippen molar-refractivity contribution in [3.63, 3.8) is 0 Å². The lowest BCUT2D eigenvalue weighted by Crippen LogP contribution is -2.41. The van der Waals surface area contributed by atoms with Crippen LogP contribution in [-0.4, -0.2) is 18.1 Å². The van der Waals surface area contributed by atoms with Crippen LogP contribution >= 0.6 is 15.9 Å². The molecule has 0 bridgehead atoms. The molecule has 0 heterocycles. The van der Waals surface area contributed by atoms with Crippen LogP contribution in [-0.2, 0) is 16.1 Å². The minimum absolute atomic E-state index is 0.161. The van der Waals surface area contributed by atoms with Crippen molar-refractivity contribution in [2.24, 2.45) is 0 Å². The molecule has 0 aromatic heterocycles. The molecule has 1 aromatic carbocycles. The minimum Gasteiger partial charge on any atom is -0.466 e. The molecule has 0 aliphatic rings. The molecule has 0 aliphatic carbocycles. The molecule has 0 saturated heterocycles. The van der Waals surface area contributed by atoms with E-state index in [1.807, 2.05) is 32.9 Å². The molecule has 0 unspecified atom stereocenters. The Balaban J connectivity index is 2.45. The van der Waals surface area contributed by atoms with Crippen LogP contribution in [0.4, 0.5) is 0 Å². The molecule has 4 heteroatoms. The van der Waals surface area contributed by atoms with E-state index in [1.54, 1.807) is 0 Å². The van der Waals surface area contributed by atoms with Crippen LogP contribution in [0.1, 0.15) is 32.8 Å². The molecule has 18 heavy (non-hydrogen) atoms. The molecule has 0 aliphatic heterocycles. The fourth-order valence-corrected chi connectivity index (χ4v) is 1.84. The first-order chi connectivity index (χ1) is 8.43. The largest absolute Gasteiger partial charge is 0.466 e. The highest BCUT2D eigenvalue weighted by molar-refractivity contribution is 9.10. The van der Waals surface area contributed by atoms with Gasteiger partial charge in [-0.2, -0.15) is 0 Å². The number of hydrogen-bond donors (Lipinski definition) is 1. The van der Waals surface area contributed by atoms with E-state index in [2.05, 4.69) is 33.4 Å². The van der Waals surface area contributed by atoms with Crippen LogP contribution in [0, 0.1) is 0 Å². The molecule has 0 radical (unpaired) electrons. The molecule has 0 atom stereocenters. The number of rotatable bonds is 6. The first-order valence-electron chi connectivity index (χ1n) is 6.08. The van der Waals surface area contributed by atoms with E-state index in [9.17, 15) is 4.79 Å². The predicted molar refractivity (Wildman–Crippen MR) is 76.3 cm³/mol. The Hall–Kier alpha value is -0.870. The number of ether oxygens (including phenoxy) is 1. The molecule has 0 amide bonds. The Labute approximate surface area is 117 Å². The van der Waals surface area contributed by atoms with E-state index >= 15 is 0 Å². The first-order valence-corrected chi connectivity index (χ1v) is 6.87. The summed E-state index contributed by atoms with van der Waals surface area (Å²) in [5.41, 5.74) is 0.925. The van der Waals surface area contributed by atoms with Gasteiger partial charge in [-0.1, -0.05) is 28.1 Å². The van der Waals surface area contributed by atoms with E-state index in [0.717, 1.165) is 11.0 Å². The van der Waals surface area contributed by atoms with Gasteiger partial charge in [0.2, 0.25) is 0 Å². The fourth-order valence-electron chi connectivity index (χ4n) is 1.58. The van der Waals surface area contributed by atoms with E-state index in [0.29, 0.717) is 13.0 Å². The first kappa shape index (κ1) is 15.2. The maximum absolute atomic E-state index is 11.4. The van der Waals surface area contributed by atoms with Gasteiger partial charge in [-0.3, -0.25) is 4.79 Å². The van der Waals surface area contributed by atoms with Gasteiger partial charge in [0.15, 0.2) is 0 Å². The average molecular weight is 314 g/mol. The van der Waals surface area contributed by atoms with E-state index in [-0.39, 0.29) is 11.5 Å². The summed E-state index contributed by atoms with van der Waals surface area (Å²) in [6.07, 6.45) is 0.372. The van der Waals surface area contributed by atoms with Gasteiger partial charge >= 0.3 is 5.97 Å². The lowest BCUT2D eigenvalue weighted by molar-refractivity contribution is -0.144. The Morgan fingerprint density at radius 3 is 2.50 bits per heavy atom. The standard InChI is InChI=1S/C14H20BrNO2/c1-4-18-13(17)9-14(2,3)16-10-11-5-7-12(15)8-6-11/h5-8,16H,4,9-10H2,1-3H3. The summed E-state index contributed by atoms with van der Waals surface area (Å²) < 4.78 is 6.03. The van der Waals surface area contributed by atoms with Crippen molar-refractivity contribution < 1.29 is 9.53 Å². The summed E-state index contributed by atoms with van der Waals surface area (Å²) >= 11 is 3.40. The number of halogens is 1. The van der Waals surface area contributed by atoms with Gasteiger partial charge in [0, 0.05) is 16.6 Å². The Morgan fingerprint density at radius 2 is 1.94 bits per heavy atom. The number of nitrogens with one attached hydrogen (secondary N) is 1. The van der Waals surface area contributed by atoms with Crippen LogP contribution in [0.3, 0.4) is 0 Å². The Morgan fingerprint density at radius 1 is 1.33 bits per heavy atom. The quantitative estimate of drug-likeness (QED) is 0.819. The minimum atomic E-state index is -0.265. The van der Waals surface area contributed by atoms with Crippen molar-refractivity contribution in [2.75, 3.05) is 6.61 Å². The molecule has 1 rings (SSSR count). The lowest BCUT2D eigenvalue weighted by atomic mass is 10.0. The van der Waals surface area contributed by atoms with E-state index in [4.69, 9.17) is 4.74 Å². The zero-order valence-electron chi connectivity index (χ0n) is 11.1. The van der Waals surface area contributed by atoms with Crippen molar-refractivity contribution in [1.82, 2.24) is 5.32 Å². The third kappa shape index (κ3) is 5.65. The van der Waals surface area contributed by atoms with Gasteiger partial charge in [0.1, 0.15) is 0 Å². The topological polar surface area (TPSA) is 38.3 Å². The summed E-state index contributed by atoms with van der Waals surface area (Å²) in [5.74, 6) is -0.161. The van der Waals surface area contributed by atoms with Crippen molar-refractivity contribution in [3.05, 3.63) is 34.3 Å². The molecule has 0 saturated carbocycles. The number of carbonyl (C=O) groups excluding carboxylic acids is 1. The molecular formula is C14H20BrNO2. The summed E-state index contributed by atoms with van der Waals surface area (Å²) in [4.78, 5) is 11.4. The Bertz CT molecular complexity index is 387. The smallest absolute Gasteiger partial charge is 0.307 e. The molecule has 3 nitrogen and oxygen atoms in total. The second kappa shape index (κ2) is 6.90. The second-order valence-electron chi connectivity index (χ2n) is 4.85. The molecular weight excluding hydrogens is 294 g/mol. The number of carbonyl (C=O) groups is 1. The predicted octanol–water partition coefficient (Wildman–Crippen LogP) is 3.27. The van der Waals surface area contributed by atoms with Crippen LogP contribution in [0.25, 0.3) is 0 Å². The van der Waals surface area contributed by atoms with Gasteiger partial charge < -0.3 is 10.1 Å². The highest BCUT2D eigenvalue weighted by Gasteiger charge is 2.21. The maximum atomic E-state index is 11.4. The zero-order valence-corrected chi connectivity index (χ0v) is 12.7. The average Bonchev–Trinajstić information content (AvgIpc) is 2.28. The SMILES string of the molecule is CCOC(=O)CC(C)(C)NCc1ccc(Br)cc1. The van der Waals surface area contributed by atoms with E-state index < -0.39 is 0 Å². The van der Waals surface area contributed by atoms with Gasteiger partial charge in [-0.05, 0) is 38.5 Å². The third-order valence-corrected chi connectivity index (χ3v) is 3.10. The number of benzene rings is 1. The second-order valence-corrected chi connectivity index (χ2v) is 5.76. The molecule has 1 aromatic rings. The zero-order chi connectivity index (χ0) is 13.6. The van der Waals surface area contributed by atoms with Crippen LogP contribution in [0.2, 0.25) is 0 Å². The van der Waals surface area contributed by atoms with Gasteiger partial charge in [0.25, 0.3) is 0 Å².